The molecule has 0 unspecified atom stereocenters. The van der Waals surface area contributed by atoms with E-state index in [0.29, 0.717) is 11.3 Å². The Bertz CT molecular complexity index is 928. The Balaban J connectivity index is 1.67. The number of rotatable bonds is 4. The Labute approximate surface area is 153 Å². The Morgan fingerprint density at radius 3 is 2.77 bits per heavy atom. The van der Waals surface area contributed by atoms with Crippen LogP contribution < -0.4 is 4.90 Å². The maximum Gasteiger partial charge on any atom is 0.363 e. The van der Waals surface area contributed by atoms with E-state index in [1.807, 2.05) is 22.4 Å². The molecule has 26 heavy (non-hydrogen) atoms. The molecule has 1 saturated heterocycles. The Kier molecular flexibility index (Phi) is 4.26. The summed E-state index contributed by atoms with van der Waals surface area (Å²) in [6, 6.07) is 8.64. The Hall–Kier alpha value is -3.00. The predicted octanol–water partition coefficient (Wildman–Crippen LogP) is 3.60. The quantitative estimate of drug-likeness (QED) is 0.356. The van der Waals surface area contributed by atoms with Gasteiger partial charge >= 0.3 is 5.97 Å². The van der Waals surface area contributed by atoms with Crippen LogP contribution in [0.15, 0.2) is 46.4 Å². The van der Waals surface area contributed by atoms with Crippen molar-refractivity contribution in [2.75, 3.05) is 18.0 Å². The third-order valence-corrected chi connectivity index (χ3v) is 5.16. The molecule has 0 saturated carbocycles. The summed E-state index contributed by atoms with van der Waals surface area (Å²) in [7, 11) is 0. The van der Waals surface area contributed by atoms with Gasteiger partial charge in [-0.3, -0.25) is 10.1 Å². The van der Waals surface area contributed by atoms with Crippen LogP contribution in [0.4, 0.5) is 11.4 Å². The number of nitro groups is 1. The molecule has 3 heterocycles. The lowest BCUT2D eigenvalue weighted by Crippen LogP contribution is -2.18. The molecule has 8 heteroatoms. The van der Waals surface area contributed by atoms with Crippen LogP contribution in [0.5, 0.6) is 0 Å². The van der Waals surface area contributed by atoms with Crippen molar-refractivity contribution in [3.05, 3.63) is 62.0 Å². The normalized spacial score (nSPS) is 18.3. The third-order valence-electron chi connectivity index (χ3n) is 4.30. The van der Waals surface area contributed by atoms with Gasteiger partial charge in [-0.2, -0.15) is 0 Å². The lowest BCUT2D eigenvalue weighted by Gasteiger charge is -2.17. The standard InChI is InChI=1S/C18H15N3O4S/c22-18-13(19-17(25-18)16-4-3-9-26-16)10-12-5-6-14(15(11-12)21(23)24)20-7-1-2-8-20/h3-6,9-11H,1-2,7-8H2/b13-10-. The molecule has 0 amide bonds. The summed E-state index contributed by atoms with van der Waals surface area (Å²) < 4.78 is 5.18. The smallest absolute Gasteiger partial charge is 0.363 e. The molecule has 0 N–H and O–H groups in total. The molecule has 1 aromatic heterocycles. The summed E-state index contributed by atoms with van der Waals surface area (Å²) in [4.78, 5) is 30.1. The second kappa shape index (κ2) is 6.72. The number of benzene rings is 1. The van der Waals surface area contributed by atoms with E-state index in [1.165, 1.54) is 23.5 Å². The molecule has 0 radical (unpaired) electrons. The lowest BCUT2D eigenvalue weighted by molar-refractivity contribution is -0.384. The molecule has 2 aliphatic rings. The zero-order valence-electron chi connectivity index (χ0n) is 13.8. The highest BCUT2D eigenvalue weighted by Crippen LogP contribution is 2.32. The van der Waals surface area contributed by atoms with Gasteiger partial charge in [0.05, 0.1) is 9.80 Å². The minimum atomic E-state index is -0.556. The topological polar surface area (TPSA) is 85.0 Å². The number of hydrogen-bond acceptors (Lipinski definition) is 7. The van der Waals surface area contributed by atoms with Crippen molar-refractivity contribution in [2.24, 2.45) is 4.99 Å². The van der Waals surface area contributed by atoms with Gasteiger partial charge < -0.3 is 9.64 Å². The molecular weight excluding hydrogens is 354 g/mol. The first-order valence-electron chi connectivity index (χ1n) is 8.21. The molecule has 1 fully saturated rings. The first kappa shape index (κ1) is 16.5. The van der Waals surface area contributed by atoms with Crippen LogP contribution in [0.3, 0.4) is 0 Å². The lowest BCUT2D eigenvalue weighted by atomic mass is 10.1. The summed E-state index contributed by atoms with van der Waals surface area (Å²) in [5.74, 6) is -0.292. The van der Waals surface area contributed by atoms with Crippen molar-refractivity contribution in [1.82, 2.24) is 0 Å². The number of aliphatic imine (C=N–C) groups is 1. The number of nitro benzene ring substituents is 1. The SMILES string of the molecule is O=C1OC(c2cccs2)=N/C1=C\c1ccc(N2CCCC2)c([N+](=O)[O-])c1. The first-order valence-corrected chi connectivity index (χ1v) is 9.09. The van der Waals surface area contributed by atoms with Crippen LogP contribution >= 0.6 is 11.3 Å². The highest BCUT2D eigenvalue weighted by molar-refractivity contribution is 7.12. The van der Waals surface area contributed by atoms with Gasteiger partial charge in [-0.25, -0.2) is 9.79 Å². The number of esters is 1. The van der Waals surface area contributed by atoms with Crippen molar-refractivity contribution in [2.45, 2.75) is 12.8 Å². The number of ether oxygens (including phenoxy) is 1. The number of cyclic esters (lactones) is 1. The van der Waals surface area contributed by atoms with Crippen molar-refractivity contribution >= 4 is 40.7 Å². The van der Waals surface area contributed by atoms with Gasteiger partial charge in [0.2, 0.25) is 5.90 Å². The molecule has 4 rings (SSSR count). The van der Waals surface area contributed by atoms with E-state index in [0.717, 1.165) is 30.8 Å². The van der Waals surface area contributed by atoms with Crippen molar-refractivity contribution in [3.63, 3.8) is 0 Å². The summed E-state index contributed by atoms with van der Waals surface area (Å²) in [6.07, 6.45) is 3.59. The fourth-order valence-electron chi connectivity index (χ4n) is 3.07. The van der Waals surface area contributed by atoms with Crippen molar-refractivity contribution in [3.8, 4) is 0 Å². The number of anilines is 1. The molecule has 0 spiro atoms. The van der Waals surface area contributed by atoms with Gasteiger partial charge in [0.1, 0.15) is 5.69 Å². The van der Waals surface area contributed by atoms with E-state index in [9.17, 15) is 14.9 Å². The fraction of sp³-hybridized carbons (Fsp3) is 0.222. The fourth-order valence-corrected chi connectivity index (χ4v) is 3.72. The predicted molar refractivity (Wildman–Crippen MR) is 99.5 cm³/mol. The summed E-state index contributed by atoms with van der Waals surface area (Å²) in [5.41, 5.74) is 1.33. The maximum absolute atomic E-state index is 12.0. The molecule has 1 aromatic carbocycles. The minimum absolute atomic E-state index is 0.0371. The average Bonchev–Trinajstić information content (AvgIpc) is 3.37. The van der Waals surface area contributed by atoms with E-state index in [2.05, 4.69) is 4.99 Å². The van der Waals surface area contributed by atoms with Crippen LogP contribution in [-0.4, -0.2) is 29.9 Å². The third kappa shape index (κ3) is 3.11. The van der Waals surface area contributed by atoms with Gasteiger partial charge in [0.25, 0.3) is 5.69 Å². The second-order valence-corrected chi connectivity index (χ2v) is 6.96. The Morgan fingerprint density at radius 1 is 1.27 bits per heavy atom. The Morgan fingerprint density at radius 2 is 2.08 bits per heavy atom. The first-order chi connectivity index (χ1) is 12.6. The summed E-state index contributed by atoms with van der Waals surface area (Å²) in [5, 5.41) is 13.3. The largest absolute Gasteiger partial charge is 0.401 e. The van der Waals surface area contributed by atoms with Crippen LogP contribution in [0, 0.1) is 10.1 Å². The highest BCUT2D eigenvalue weighted by Gasteiger charge is 2.26. The van der Waals surface area contributed by atoms with Gasteiger partial charge in [0.15, 0.2) is 5.70 Å². The van der Waals surface area contributed by atoms with E-state index in [-0.39, 0.29) is 22.2 Å². The summed E-state index contributed by atoms with van der Waals surface area (Å²) >= 11 is 1.42. The summed E-state index contributed by atoms with van der Waals surface area (Å²) in [6.45, 7) is 1.64. The number of carbonyl (C=O) groups excluding carboxylic acids is 1. The van der Waals surface area contributed by atoms with Crippen LogP contribution in [0.2, 0.25) is 0 Å². The van der Waals surface area contributed by atoms with E-state index >= 15 is 0 Å². The van der Waals surface area contributed by atoms with Gasteiger partial charge in [-0.1, -0.05) is 12.1 Å². The number of carbonyl (C=O) groups is 1. The molecule has 0 atom stereocenters. The van der Waals surface area contributed by atoms with E-state index in [4.69, 9.17) is 4.74 Å². The van der Waals surface area contributed by atoms with E-state index in [1.54, 1.807) is 12.1 Å². The van der Waals surface area contributed by atoms with Gasteiger partial charge in [-0.05, 0) is 42.0 Å². The molecule has 2 aromatic rings. The molecule has 132 valence electrons. The molecule has 7 nitrogen and oxygen atoms in total. The van der Waals surface area contributed by atoms with E-state index < -0.39 is 5.97 Å². The highest BCUT2D eigenvalue weighted by atomic mass is 32.1. The number of thiophene rings is 1. The zero-order valence-corrected chi connectivity index (χ0v) is 14.6. The average molecular weight is 369 g/mol. The molecular formula is C18H15N3O4S. The van der Waals surface area contributed by atoms with Crippen molar-refractivity contribution in [1.29, 1.82) is 0 Å². The van der Waals surface area contributed by atoms with Gasteiger partial charge in [0, 0.05) is 19.2 Å². The monoisotopic (exact) mass is 369 g/mol. The maximum atomic E-state index is 12.0. The second-order valence-electron chi connectivity index (χ2n) is 6.01. The minimum Gasteiger partial charge on any atom is -0.401 e. The van der Waals surface area contributed by atoms with Gasteiger partial charge in [-0.15, -0.1) is 11.3 Å². The van der Waals surface area contributed by atoms with Crippen molar-refractivity contribution < 1.29 is 14.5 Å². The number of hydrogen-bond donors (Lipinski definition) is 0. The van der Waals surface area contributed by atoms with Crippen LogP contribution in [0.25, 0.3) is 6.08 Å². The van der Waals surface area contributed by atoms with Crippen LogP contribution in [-0.2, 0) is 9.53 Å². The molecule has 0 aliphatic carbocycles. The molecule has 2 aliphatic heterocycles. The zero-order chi connectivity index (χ0) is 18.1. The number of nitrogens with zero attached hydrogens (tertiary/aromatic N) is 3. The van der Waals surface area contributed by atoms with Crippen LogP contribution in [0.1, 0.15) is 23.3 Å². The molecule has 0 bridgehead atoms.